The van der Waals surface area contributed by atoms with Crippen molar-refractivity contribution >= 4 is 40.8 Å². The number of nitrogens with one attached hydrogen (secondary N) is 1. The van der Waals surface area contributed by atoms with Gasteiger partial charge in [-0.1, -0.05) is 54.2 Å². The molecule has 0 unspecified atom stereocenters. The zero-order valence-electron chi connectivity index (χ0n) is 15.3. The van der Waals surface area contributed by atoms with Crippen LogP contribution >= 0.6 is 23.2 Å². The van der Waals surface area contributed by atoms with Crippen molar-refractivity contribution < 1.29 is 18.7 Å². The van der Waals surface area contributed by atoms with Crippen LogP contribution < -0.4 is 5.32 Å². The van der Waals surface area contributed by atoms with Crippen LogP contribution in [0.2, 0.25) is 10.0 Å². The van der Waals surface area contributed by atoms with Crippen molar-refractivity contribution in [1.29, 1.82) is 0 Å². The highest BCUT2D eigenvalue weighted by molar-refractivity contribution is 6.44. The summed E-state index contributed by atoms with van der Waals surface area (Å²) in [6, 6.07) is 10.9. The number of amides is 1. The molecule has 1 N–H and O–H groups in total. The first-order valence-electron chi connectivity index (χ1n) is 9.05. The minimum absolute atomic E-state index is 0.211. The van der Waals surface area contributed by atoms with Crippen LogP contribution in [0.15, 0.2) is 42.5 Å². The van der Waals surface area contributed by atoms with Crippen molar-refractivity contribution in [2.75, 3.05) is 5.32 Å². The standard InChI is InChI=1S/C21H20Cl2FNO3/c1-13(19(26)25-17-9-5-8-16(22)18(17)23)28-20(27)21(10-2-3-11-21)14-6-4-7-15(24)12-14/h4-9,12-13H,2-3,10-11H2,1H3,(H,25,26)/t13-/m0/s1. The second-order valence-corrected chi connectivity index (χ2v) is 7.72. The number of esters is 1. The lowest BCUT2D eigenvalue weighted by atomic mass is 9.79. The molecule has 2 aromatic carbocycles. The van der Waals surface area contributed by atoms with E-state index in [2.05, 4.69) is 5.32 Å². The molecule has 1 fully saturated rings. The van der Waals surface area contributed by atoms with Gasteiger partial charge in [-0.05, 0) is 49.6 Å². The van der Waals surface area contributed by atoms with Gasteiger partial charge in [0.2, 0.25) is 0 Å². The molecule has 0 bridgehead atoms. The van der Waals surface area contributed by atoms with Crippen molar-refractivity contribution in [3.05, 3.63) is 63.9 Å². The summed E-state index contributed by atoms with van der Waals surface area (Å²) in [5.74, 6) is -1.45. The summed E-state index contributed by atoms with van der Waals surface area (Å²) in [5, 5.41) is 3.13. The van der Waals surface area contributed by atoms with E-state index in [1.807, 2.05) is 0 Å². The van der Waals surface area contributed by atoms with Gasteiger partial charge in [-0.3, -0.25) is 9.59 Å². The Morgan fingerprint density at radius 2 is 1.82 bits per heavy atom. The van der Waals surface area contributed by atoms with Crippen LogP contribution in [0.25, 0.3) is 0 Å². The van der Waals surface area contributed by atoms with E-state index in [0.717, 1.165) is 12.8 Å². The number of benzene rings is 2. The third-order valence-electron chi connectivity index (χ3n) is 5.09. The largest absolute Gasteiger partial charge is 0.452 e. The Morgan fingerprint density at radius 1 is 1.14 bits per heavy atom. The Hall–Kier alpha value is -2.11. The van der Waals surface area contributed by atoms with Gasteiger partial charge in [0.25, 0.3) is 5.91 Å². The van der Waals surface area contributed by atoms with Crippen molar-refractivity contribution in [1.82, 2.24) is 0 Å². The fraction of sp³-hybridized carbons (Fsp3) is 0.333. The van der Waals surface area contributed by atoms with E-state index in [9.17, 15) is 14.0 Å². The third kappa shape index (κ3) is 4.15. The van der Waals surface area contributed by atoms with Crippen LogP contribution in [-0.4, -0.2) is 18.0 Å². The quantitative estimate of drug-likeness (QED) is 0.644. The molecular weight excluding hydrogens is 404 g/mol. The van der Waals surface area contributed by atoms with Crippen LogP contribution in [0.1, 0.15) is 38.2 Å². The zero-order chi connectivity index (χ0) is 20.3. The van der Waals surface area contributed by atoms with Crippen LogP contribution in [0.4, 0.5) is 10.1 Å². The molecular formula is C21H20Cl2FNO3. The molecule has 0 aliphatic heterocycles. The summed E-state index contributed by atoms with van der Waals surface area (Å²) in [7, 11) is 0. The van der Waals surface area contributed by atoms with Gasteiger partial charge in [0.15, 0.2) is 6.10 Å². The molecule has 1 aliphatic rings. The molecule has 148 valence electrons. The van der Waals surface area contributed by atoms with Crippen molar-refractivity contribution in [2.24, 2.45) is 0 Å². The highest BCUT2D eigenvalue weighted by atomic mass is 35.5. The van der Waals surface area contributed by atoms with Crippen LogP contribution in [0.3, 0.4) is 0 Å². The van der Waals surface area contributed by atoms with Crippen LogP contribution in [-0.2, 0) is 19.7 Å². The number of rotatable bonds is 5. The molecule has 2 aromatic rings. The summed E-state index contributed by atoms with van der Waals surface area (Å²) >= 11 is 12.0. The van der Waals surface area contributed by atoms with E-state index < -0.39 is 29.2 Å². The molecule has 1 amide bonds. The molecule has 1 saturated carbocycles. The van der Waals surface area contributed by atoms with Gasteiger partial charge in [-0.25, -0.2) is 4.39 Å². The van der Waals surface area contributed by atoms with Gasteiger partial charge in [0.05, 0.1) is 21.1 Å². The van der Waals surface area contributed by atoms with Crippen molar-refractivity contribution in [3.63, 3.8) is 0 Å². The zero-order valence-corrected chi connectivity index (χ0v) is 16.8. The van der Waals surface area contributed by atoms with Crippen LogP contribution in [0.5, 0.6) is 0 Å². The van der Waals surface area contributed by atoms with E-state index in [1.165, 1.54) is 19.1 Å². The van der Waals surface area contributed by atoms with E-state index in [1.54, 1.807) is 30.3 Å². The van der Waals surface area contributed by atoms with E-state index in [4.69, 9.17) is 27.9 Å². The Labute approximate surface area is 173 Å². The maximum absolute atomic E-state index is 13.7. The minimum Gasteiger partial charge on any atom is -0.452 e. The molecule has 1 atom stereocenters. The van der Waals surface area contributed by atoms with Gasteiger partial charge in [0, 0.05) is 0 Å². The normalized spacial score (nSPS) is 16.4. The Morgan fingerprint density at radius 3 is 2.50 bits per heavy atom. The predicted octanol–water partition coefficient (Wildman–Crippen LogP) is 5.51. The maximum Gasteiger partial charge on any atom is 0.317 e. The monoisotopic (exact) mass is 423 g/mol. The first-order valence-corrected chi connectivity index (χ1v) is 9.81. The second kappa shape index (κ2) is 8.50. The number of hydrogen-bond donors (Lipinski definition) is 1. The van der Waals surface area contributed by atoms with Gasteiger partial charge < -0.3 is 10.1 Å². The summed E-state index contributed by atoms with van der Waals surface area (Å²) < 4.78 is 19.2. The number of ether oxygens (including phenoxy) is 1. The van der Waals surface area contributed by atoms with Gasteiger partial charge in [-0.15, -0.1) is 0 Å². The topological polar surface area (TPSA) is 55.4 Å². The average molecular weight is 424 g/mol. The molecule has 0 radical (unpaired) electrons. The molecule has 7 heteroatoms. The Balaban J connectivity index is 1.75. The summed E-state index contributed by atoms with van der Waals surface area (Å²) in [5.41, 5.74) is -0.00656. The molecule has 0 heterocycles. The lowest BCUT2D eigenvalue weighted by molar-refractivity contribution is -0.159. The molecule has 1 aliphatic carbocycles. The predicted molar refractivity (Wildman–Crippen MR) is 107 cm³/mol. The van der Waals surface area contributed by atoms with E-state index in [0.29, 0.717) is 29.1 Å². The molecule has 4 nitrogen and oxygen atoms in total. The smallest absolute Gasteiger partial charge is 0.317 e. The van der Waals surface area contributed by atoms with Crippen molar-refractivity contribution in [2.45, 2.75) is 44.1 Å². The fourth-order valence-electron chi connectivity index (χ4n) is 3.54. The third-order valence-corrected chi connectivity index (χ3v) is 5.91. The van der Waals surface area contributed by atoms with Gasteiger partial charge in [-0.2, -0.15) is 0 Å². The minimum atomic E-state index is -1.05. The summed E-state index contributed by atoms with van der Waals surface area (Å²) in [4.78, 5) is 25.5. The van der Waals surface area contributed by atoms with Gasteiger partial charge >= 0.3 is 5.97 Å². The first kappa shape index (κ1) is 20.6. The lowest BCUT2D eigenvalue weighted by Crippen LogP contribution is -2.40. The average Bonchev–Trinajstić information content (AvgIpc) is 3.16. The number of anilines is 1. The highest BCUT2D eigenvalue weighted by Crippen LogP contribution is 2.42. The lowest BCUT2D eigenvalue weighted by Gasteiger charge is -2.28. The van der Waals surface area contributed by atoms with Crippen LogP contribution in [0, 0.1) is 5.82 Å². The summed E-state index contributed by atoms with van der Waals surface area (Å²) in [6.07, 6.45) is 1.75. The second-order valence-electron chi connectivity index (χ2n) is 6.94. The van der Waals surface area contributed by atoms with Crippen molar-refractivity contribution in [3.8, 4) is 0 Å². The summed E-state index contributed by atoms with van der Waals surface area (Å²) in [6.45, 7) is 1.49. The highest BCUT2D eigenvalue weighted by Gasteiger charge is 2.45. The van der Waals surface area contributed by atoms with E-state index >= 15 is 0 Å². The molecule has 0 spiro atoms. The van der Waals surface area contributed by atoms with E-state index in [-0.39, 0.29) is 5.02 Å². The molecule has 0 aromatic heterocycles. The molecule has 3 rings (SSSR count). The number of halogens is 3. The SMILES string of the molecule is C[C@H](OC(=O)C1(c2cccc(F)c2)CCCC1)C(=O)Nc1cccc(Cl)c1Cl. The molecule has 0 saturated heterocycles. The number of hydrogen-bond acceptors (Lipinski definition) is 3. The first-order chi connectivity index (χ1) is 13.3. The number of carbonyl (C=O) groups excluding carboxylic acids is 2. The Bertz CT molecular complexity index is 897. The fourth-order valence-corrected chi connectivity index (χ4v) is 3.88. The molecule has 28 heavy (non-hydrogen) atoms. The number of carbonyl (C=O) groups is 2. The van der Waals surface area contributed by atoms with Gasteiger partial charge in [0.1, 0.15) is 5.82 Å². The Kier molecular flexibility index (Phi) is 6.26. The maximum atomic E-state index is 13.7.